The number of benzene rings is 1. The lowest BCUT2D eigenvalue weighted by atomic mass is 10.0. The highest BCUT2D eigenvalue weighted by Crippen LogP contribution is 2.30. The normalized spacial score (nSPS) is 15.5. The van der Waals surface area contributed by atoms with E-state index in [0.29, 0.717) is 18.7 Å². The maximum Gasteiger partial charge on any atom is 0.239 e. The minimum absolute atomic E-state index is 0.0845. The van der Waals surface area contributed by atoms with Crippen LogP contribution in [0.3, 0.4) is 0 Å². The molecular formula is C18H28N2O3. The summed E-state index contributed by atoms with van der Waals surface area (Å²) in [4.78, 5) is 14.8. The Hall–Kier alpha value is -1.75. The number of rotatable bonds is 7. The van der Waals surface area contributed by atoms with Crippen molar-refractivity contribution in [3.05, 3.63) is 23.8 Å². The lowest BCUT2D eigenvalue weighted by molar-refractivity contribution is -0.131. The van der Waals surface area contributed by atoms with Crippen LogP contribution in [-0.2, 0) is 11.2 Å². The largest absolute Gasteiger partial charge is 0.493 e. The number of ether oxygens (including phenoxy) is 2. The highest BCUT2D eigenvalue weighted by molar-refractivity contribution is 5.85. The molecule has 1 heterocycles. The van der Waals surface area contributed by atoms with Gasteiger partial charge in [0.05, 0.1) is 19.8 Å². The first-order chi connectivity index (χ1) is 11.0. The molecule has 1 amide bonds. The fourth-order valence-corrected chi connectivity index (χ4v) is 3.10. The Morgan fingerprint density at radius 1 is 1.22 bits per heavy atom. The zero-order valence-electron chi connectivity index (χ0n) is 14.6. The van der Waals surface area contributed by atoms with Crippen LogP contribution in [0.15, 0.2) is 18.2 Å². The van der Waals surface area contributed by atoms with Crippen LogP contribution in [0.5, 0.6) is 11.5 Å². The highest BCUT2D eigenvalue weighted by Gasteiger charge is 2.35. The minimum Gasteiger partial charge on any atom is -0.493 e. The molecule has 2 rings (SSSR count). The Bertz CT molecular complexity index is 537. The minimum atomic E-state index is -0.449. The fraction of sp³-hybridized carbons (Fsp3) is 0.611. The average molecular weight is 320 g/mol. The molecule has 1 aromatic carbocycles. The van der Waals surface area contributed by atoms with Gasteiger partial charge in [0, 0.05) is 6.54 Å². The summed E-state index contributed by atoms with van der Waals surface area (Å²) in [6, 6.07) is 5.81. The number of hydrogen-bond acceptors (Lipinski definition) is 4. The third kappa shape index (κ3) is 3.96. The van der Waals surface area contributed by atoms with Crippen LogP contribution >= 0.6 is 0 Å². The Morgan fingerprint density at radius 2 is 1.91 bits per heavy atom. The van der Waals surface area contributed by atoms with Crippen molar-refractivity contribution >= 4 is 5.91 Å². The Labute approximate surface area is 139 Å². The van der Waals surface area contributed by atoms with E-state index in [4.69, 9.17) is 9.47 Å². The first-order valence-electron chi connectivity index (χ1n) is 8.24. The molecule has 0 aliphatic carbocycles. The van der Waals surface area contributed by atoms with Crippen LogP contribution in [0.25, 0.3) is 0 Å². The Morgan fingerprint density at radius 3 is 2.52 bits per heavy atom. The molecule has 0 spiro atoms. The molecule has 5 nitrogen and oxygen atoms in total. The molecular weight excluding hydrogens is 292 g/mol. The number of hydrogen-bond donors (Lipinski definition) is 1. The number of nitrogens with one attached hydrogen (secondary N) is 1. The lowest BCUT2D eigenvalue weighted by Crippen LogP contribution is -2.54. The zero-order chi connectivity index (χ0) is 16.9. The van der Waals surface area contributed by atoms with Crippen molar-refractivity contribution in [1.82, 2.24) is 10.2 Å². The summed E-state index contributed by atoms with van der Waals surface area (Å²) < 4.78 is 10.7. The summed E-state index contributed by atoms with van der Waals surface area (Å²) in [7, 11) is 3.26. The van der Waals surface area contributed by atoms with Gasteiger partial charge < -0.3 is 14.8 Å². The van der Waals surface area contributed by atoms with Gasteiger partial charge in [-0.2, -0.15) is 0 Å². The van der Waals surface area contributed by atoms with Gasteiger partial charge in [0.15, 0.2) is 11.5 Å². The van der Waals surface area contributed by atoms with E-state index in [0.717, 1.165) is 24.4 Å². The number of likely N-dealkylation sites (tertiary alicyclic amines) is 1. The quantitative estimate of drug-likeness (QED) is 0.837. The van der Waals surface area contributed by atoms with Crippen molar-refractivity contribution in [2.75, 3.05) is 33.9 Å². The Balaban J connectivity index is 1.93. The van der Waals surface area contributed by atoms with E-state index < -0.39 is 5.54 Å². The second-order valence-corrected chi connectivity index (χ2v) is 6.41. The topological polar surface area (TPSA) is 50.8 Å². The third-order valence-corrected chi connectivity index (χ3v) is 4.62. The molecule has 1 aliphatic heterocycles. The molecule has 128 valence electrons. The number of nitrogens with zero attached hydrogens (tertiary/aromatic N) is 1. The zero-order valence-corrected chi connectivity index (χ0v) is 14.6. The van der Waals surface area contributed by atoms with Crippen molar-refractivity contribution in [3.63, 3.8) is 0 Å². The molecule has 0 radical (unpaired) electrons. The molecule has 0 aromatic heterocycles. The van der Waals surface area contributed by atoms with E-state index in [2.05, 4.69) is 10.2 Å². The van der Waals surface area contributed by atoms with Crippen LogP contribution in [-0.4, -0.2) is 50.2 Å². The number of amides is 1. The predicted octanol–water partition coefficient (Wildman–Crippen LogP) is 2.24. The highest BCUT2D eigenvalue weighted by atomic mass is 16.5. The molecule has 1 saturated heterocycles. The van der Waals surface area contributed by atoms with E-state index in [1.807, 2.05) is 32.0 Å². The maximum absolute atomic E-state index is 12.5. The van der Waals surface area contributed by atoms with Crippen LogP contribution in [0.4, 0.5) is 0 Å². The summed E-state index contributed by atoms with van der Waals surface area (Å²) in [5.41, 5.74) is 0.584. The summed E-state index contributed by atoms with van der Waals surface area (Å²) in [6.45, 7) is 6.59. The molecule has 5 heteroatoms. The smallest absolute Gasteiger partial charge is 0.239 e. The van der Waals surface area contributed by atoms with Gasteiger partial charge in [0.1, 0.15) is 0 Å². The van der Waals surface area contributed by atoms with Gasteiger partial charge in [-0.3, -0.25) is 9.69 Å². The maximum atomic E-state index is 12.5. The van der Waals surface area contributed by atoms with E-state index in [9.17, 15) is 4.79 Å². The van der Waals surface area contributed by atoms with Gasteiger partial charge in [-0.25, -0.2) is 0 Å². The van der Waals surface area contributed by atoms with Crippen molar-refractivity contribution in [1.29, 1.82) is 0 Å². The van der Waals surface area contributed by atoms with Gasteiger partial charge in [0.25, 0.3) is 0 Å². The number of para-hydroxylation sites is 1. The molecule has 1 aliphatic rings. The summed E-state index contributed by atoms with van der Waals surface area (Å²) in [6.07, 6.45) is 3.07. The molecule has 0 atom stereocenters. The standard InChI is InChI=1S/C18H28N2O3/c1-18(2,20-12-5-6-13-20)17(21)19-11-10-14-8-7-9-15(22-3)16(14)23-4/h7-9H,5-6,10-13H2,1-4H3,(H,19,21). The third-order valence-electron chi connectivity index (χ3n) is 4.62. The van der Waals surface area contributed by atoms with E-state index >= 15 is 0 Å². The molecule has 0 bridgehead atoms. The average Bonchev–Trinajstić information content (AvgIpc) is 3.09. The van der Waals surface area contributed by atoms with Gasteiger partial charge >= 0.3 is 0 Å². The molecule has 1 fully saturated rings. The molecule has 0 unspecified atom stereocenters. The van der Waals surface area contributed by atoms with Crippen LogP contribution in [0.1, 0.15) is 32.3 Å². The second kappa shape index (κ2) is 7.68. The lowest BCUT2D eigenvalue weighted by Gasteiger charge is -2.33. The fourth-order valence-electron chi connectivity index (χ4n) is 3.10. The van der Waals surface area contributed by atoms with Crippen molar-refractivity contribution in [2.45, 2.75) is 38.6 Å². The number of carbonyl (C=O) groups excluding carboxylic acids is 1. The monoisotopic (exact) mass is 320 g/mol. The van der Waals surface area contributed by atoms with Crippen molar-refractivity contribution in [2.24, 2.45) is 0 Å². The predicted molar refractivity (Wildman–Crippen MR) is 91.1 cm³/mol. The van der Waals surface area contributed by atoms with E-state index in [-0.39, 0.29) is 5.91 Å². The number of carbonyl (C=O) groups is 1. The Kier molecular flexibility index (Phi) is 5.88. The second-order valence-electron chi connectivity index (χ2n) is 6.41. The van der Waals surface area contributed by atoms with Gasteiger partial charge in [-0.05, 0) is 57.8 Å². The van der Waals surface area contributed by atoms with Crippen molar-refractivity contribution in [3.8, 4) is 11.5 Å². The van der Waals surface area contributed by atoms with Crippen LogP contribution < -0.4 is 14.8 Å². The van der Waals surface area contributed by atoms with Crippen LogP contribution in [0, 0.1) is 0 Å². The molecule has 23 heavy (non-hydrogen) atoms. The number of methoxy groups -OCH3 is 2. The van der Waals surface area contributed by atoms with Crippen molar-refractivity contribution < 1.29 is 14.3 Å². The van der Waals surface area contributed by atoms with Gasteiger partial charge in [-0.15, -0.1) is 0 Å². The first-order valence-corrected chi connectivity index (χ1v) is 8.24. The van der Waals surface area contributed by atoms with Crippen LogP contribution in [0.2, 0.25) is 0 Å². The SMILES string of the molecule is COc1cccc(CCNC(=O)C(C)(C)N2CCCC2)c1OC. The van der Waals surface area contributed by atoms with Gasteiger partial charge in [0.2, 0.25) is 5.91 Å². The molecule has 1 N–H and O–H groups in total. The van der Waals surface area contributed by atoms with E-state index in [1.165, 1.54) is 12.8 Å². The summed E-state index contributed by atoms with van der Waals surface area (Å²) in [5.74, 6) is 1.54. The molecule has 0 saturated carbocycles. The van der Waals surface area contributed by atoms with Gasteiger partial charge in [-0.1, -0.05) is 12.1 Å². The summed E-state index contributed by atoms with van der Waals surface area (Å²) in [5, 5.41) is 3.06. The van der Waals surface area contributed by atoms with E-state index in [1.54, 1.807) is 14.2 Å². The summed E-state index contributed by atoms with van der Waals surface area (Å²) >= 11 is 0. The molecule has 1 aromatic rings. The first kappa shape index (κ1) is 17.6.